The van der Waals surface area contributed by atoms with Crippen LogP contribution in [0.4, 0.5) is 5.69 Å². The van der Waals surface area contributed by atoms with Crippen molar-refractivity contribution in [2.45, 2.75) is 39.4 Å². The monoisotopic (exact) mass is 446 g/mol. The Morgan fingerprint density at radius 1 is 0.909 bits per heavy atom. The molecule has 33 heavy (non-hydrogen) atoms. The Balaban J connectivity index is 1.45. The molecule has 8 heteroatoms. The van der Waals surface area contributed by atoms with Crippen LogP contribution in [0.25, 0.3) is 11.0 Å². The molecule has 0 saturated heterocycles. The standard InChI is InChI=1S/C25H26N4O4/c1-2-14-28-21-11-5-6-12-22(21)29(25(28)32)15-13-23(30)27-20-10-4-3-9-19(20)24(31)26-17-18-8-7-16-33-18/h3-12,16H,2,13-15,17H2,1H3,(H,26,31)(H,27,30). The van der Waals surface area contributed by atoms with Gasteiger partial charge < -0.3 is 15.1 Å². The Kier molecular flexibility index (Phi) is 6.73. The van der Waals surface area contributed by atoms with E-state index < -0.39 is 0 Å². The number of benzene rings is 2. The molecule has 0 aliphatic heterocycles. The highest BCUT2D eigenvalue weighted by Gasteiger charge is 2.16. The Morgan fingerprint density at radius 3 is 2.30 bits per heavy atom. The van der Waals surface area contributed by atoms with Crippen LogP contribution in [0.5, 0.6) is 0 Å². The number of carbonyl (C=O) groups is 2. The normalized spacial score (nSPS) is 10.9. The topological polar surface area (TPSA) is 98.3 Å². The summed E-state index contributed by atoms with van der Waals surface area (Å²) in [5.74, 6) is 0.0409. The molecule has 2 heterocycles. The number of nitrogens with one attached hydrogen (secondary N) is 2. The van der Waals surface area contributed by atoms with Crippen molar-refractivity contribution in [2.75, 3.05) is 5.32 Å². The Hall–Kier alpha value is -4.07. The minimum atomic E-state index is -0.318. The second-order valence-electron chi connectivity index (χ2n) is 7.68. The lowest BCUT2D eigenvalue weighted by molar-refractivity contribution is -0.116. The van der Waals surface area contributed by atoms with Crippen LogP contribution in [0, 0.1) is 0 Å². The smallest absolute Gasteiger partial charge is 0.329 e. The first kappa shape index (κ1) is 22.1. The third-order valence-electron chi connectivity index (χ3n) is 5.38. The molecular weight excluding hydrogens is 420 g/mol. The number of hydrogen-bond donors (Lipinski definition) is 2. The maximum atomic E-state index is 12.9. The van der Waals surface area contributed by atoms with Crippen LogP contribution in [-0.2, 0) is 24.4 Å². The fourth-order valence-electron chi connectivity index (χ4n) is 3.82. The van der Waals surface area contributed by atoms with Crippen molar-refractivity contribution in [3.8, 4) is 0 Å². The van der Waals surface area contributed by atoms with E-state index in [4.69, 9.17) is 4.42 Å². The van der Waals surface area contributed by atoms with Crippen LogP contribution in [0.2, 0.25) is 0 Å². The molecule has 2 amide bonds. The summed E-state index contributed by atoms with van der Waals surface area (Å²) in [6.45, 7) is 3.14. The molecule has 0 atom stereocenters. The molecule has 0 unspecified atom stereocenters. The van der Waals surface area contributed by atoms with E-state index in [0.29, 0.717) is 23.6 Å². The fraction of sp³-hybridized carbons (Fsp3) is 0.240. The summed E-state index contributed by atoms with van der Waals surface area (Å²) in [5, 5.41) is 5.59. The number of anilines is 1. The van der Waals surface area contributed by atoms with Gasteiger partial charge >= 0.3 is 5.69 Å². The number of hydrogen-bond acceptors (Lipinski definition) is 4. The van der Waals surface area contributed by atoms with Gasteiger partial charge in [-0.3, -0.25) is 18.7 Å². The number of carbonyl (C=O) groups excluding carboxylic acids is 2. The number of imidazole rings is 1. The van der Waals surface area contributed by atoms with Crippen molar-refractivity contribution < 1.29 is 14.0 Å². The van der Waals surface area contributed by atoms with E-state index >= 15 is 0 Å². The number of nitrogens with zero attached hydrogens (tertiary/aromatic N) is 2. The van der Waals surface area contributed by atoms with Gasteiger partial charge in [0.15, 0.2) is 0 Å². The molecule has 2 N–H and O–H groups in total. The number of para-hydroxylation sites is 3. The van der Waals surface area contributed by atoms with Gasteiger partial charge in [-0.1, -0.05) is 31.2 Å². The molecular formula is C25H26N4O4. The van der Waals surface area contributed by atoms with Gasteiger partial charge in [0.1, 0.15) is 5.76 Å². The molecule has 4 rings (SSSR count). The summed E-state index contributed by atoms with van der Waals surface area (Å²) in [6.07, 6.45) is 2.48. The molecule has 0 saturated carbocycles. The molecule has 0 fully saturated rings. The minimum Gasteiger partial charge on any atom is -0.467 e. The summed E-state index contributed by atoms with van der Waals surface area (Å²) in [5.41, 5.74) is 2.32. The van der Waals surface area contributed by atoms with Gasteiger partial charge in [0.05, 0.1) is 35.1 Å². The fourth-order valence-corrected chi connectivity index (χ4v) is 3.82. The van der Waals surface area contributed by atoms with Gasteiger partial charge in [-0.15, -0.1) is 0 Å². The number of furan rings is 1. The highest BCUT2D eigenvalue weighted by molar-refractivity contribution is 6.03. The quantitative estimate of drug-likeness (QED) is 0.409. The zero-order chi connectivity index (χ0) is 23.2. The van der Waals surface area contributed by atoms with Crippen LogP contribution in [0.1, 0.15) is 35.9 Å². The molecule has 2 aromatic carbocycles. The molecule has 0 spiro atoms. The molecule has 0 aliphatic rings. The van der Waals surface area contributed by atoms with E-state index in [1.54, 1.807) is 51.8 Å². The lowest BCUT2D eigenvalue weighted by Crippen LogP contribution is -2.27. The van der Waals surface area contributed by atoms with Crippen molar-refractivity contribution in [3.63, 3.8) is 0 Å². The Morgan fingerprint density at radius 2 is 1.61 bits per heavy atom. The summed E-state index contributed by atoms with van der Waals surface area (Å²) < 4.78 is 8.61. The average Bonchev–Trinajstić information content (AvgIpc) is 3.44. The second kappa shape index (κ2) is 10.0. The zero-order valence-corrected chi connectivity index (χ0v) is 18.4. The number of aryl methyl sites for hydroxylation is 2. The second-order valence-corrected chi connectivity index (χ2v) is 7.68. The summed E-state index contributed by atoms with van der Waals surface area (Å²) >= 11 is 0. The van der Waals surface area contributed by atoms with Crippen molar-refractivity contribution >= 4 is 28.5 Å². The maximum absolute atomic E-state index is 12.9. The van der Waals surface area contributed by atoms with Crippen LogP contribution in [0.3, 0.4) is 0 Å². The SMILES string of the molecule is CCCn1c(=O)n(CCC(=O)Nc2ccccc2C(=O)NCc2ccco2)c2ccccc21. The zero-order valence-electron chi connectivity index (χ0n) is 18.4. The van der Waals surface area contributed by atoms with Gasteiger partial charge in [-0.05, 0) is 42.8 Å². The first-order chi connectivity index (χ1) is 16.1. The van der Waals surface area contributed by atoms with E-state index in [2.05, 4.69) is 10.6 Å². The van der Waals surface area contributed by atoms with E-state index in [-0.39, 0.29) is 37.0 Å². The Bertz CT molecular complexity index is 1320. The summed E-state index contributed by atoms with van der Waals surface area (Å²) in [6, 6.07) is 17.9. The Labute approximate surface area is 190 Å². The first-order valence-electron chi connectivity index (χ1n) is 11.0. The van der Waals surface area contributed by atoms with Gasteiger partial charge in [-0.25, -0.2) is 4.79 Å². The van der Waals surface area contributed by atoms with Gasteiger partial charge in [-0.2, -0.15) is 0 Å². The minimum absolute atomic E-state index is 0.0996. The summed E-state index contributed by atoms with van der Waals surface area (Å²) in [7, 11) is 0. The number of amides is 2. The highest BCUT2D eigenvalue weighted by Crippen LogP contribution is 2.17. The predicted molar refractivity (Wildman–Crippen MR) is 126 cm³/mol. The lowest BCUT2D eigenvalue weighted by Gasteiger charge is -2.11. The van der Waals surface area contributed by atoms with Gasteiger partial charge in [0, 0.05) is 19.5 Å². The average molecular weight is 447 g/mol. The van der Waals surface area contributed by atoms with Crippen LogP contribution >= 0.6 is 0 Å². The summed E-state index contributed by atoms with van der Waals surface area (Å²) in [4.78, 5) is 38.2. The van der Waals surface area contributed by atoms with Crippen molar-refractivity contribution in [1.82, 2.24) is 14.5 Å². The van der Waals surface area contributed by atoms with E-state index in [9.17, 15) is 14.4 Å². The molecule has 2 aromatic heterocycles. The number of aromatic nitrogens is 2. The third-order valence-corrected chi connectivity index (χ3v) is 5.38. The van der Waals surface area contributed by atoms with Crippen molar-refractivity contribution in [2.24, 2.45) is 0 Å². The molecule has 170 valence electrons. The largest absolute Gasteiger partial charge is 0.467 e. The highest BCUT2D eigenvalue weighted by atomic mass is 16.3. The predicted octanol–water partition coefficient (Wildman–Crippen LogP) is 3.76. The molecule has 0 radical (unpaired) electrons. The van der Waals surface area contributed by atoms with E-state index in [0.717, 1.165) is 17.5 Å². The first-order valence-corrected chi connectivity index (χ1v) is 11.0. The van der Waals surface area contributed by atoms with Crippen molar-refractivity contribution in [1.29, 1.82) is 0 Å². The van der Waals surface area contributed by atoms with Crippen LogP contribution in [0.15, 0.2) is 76.1 Å². The third kappa shape index (κ3) is 4.90. The van der Waals surface area contributed by atoms with Gasteiger partial charge in [0.25, 0.3) is 5.91 Å². The molecule has 0 bridgehead atoms. The maximum Gasteiger partial charge on any atom is 0.329 e. The lowest BCUT2D eigenvalue weighted by atomic mass is 10.1. The van der Waals surface area contributed by atoms with E-state index in [1.807, 2.05) is 31.2 Å². The van der Waals surface area contributed by atoms with Crippen LogP contribution in [-0.4, -0.2) is 20.9 Å². The molecule has 4 aromatic rings. The van der Waals surface area contributed by atoms with E-state index in [1.165, 1.54) is 0 Å². The van der Waals surface area contributed by atoms with Crippen molar-refractivity contribution in [3.05, 3.63) is 88.7 Å². The molecule has 8 nitrogen and oxygen atoms in total. The number of fused-ring (bicyclic) bond motifs is 1. The van der Waals surface area contributed by atoms with Gasteiger partial charge in [0.2, 0.25) is 5.91 Å². The van der Waals surface area contributed by atoms with Crippen LogP contribution < -0.4 is 16.3 Å². The molecule has 0 aliphatic carbocycles. The number of rotatable bonds is 9.